The molecule has 0 spiro atoms. The Morgan fingerprint density at radius 1 is 1.20 bits per heavy atom. The normalized spacial score (nSPS) is 10.4. The summed E-state index contributed by atoms with van der Waals surface area (Å²) in [6, 6.07) is 3.32. The van der Waals surface area contributed by atoms with Gasteiger partial charge in [0.05, 0.1) is 15.7 Å². The smallest absolute Gasteiger partial charge is 0.0720 e. The van der Waals surface area contributed by atoms with E-state index in [1.165, 1.54) is 0 Å². The number of hydrogen-bond donors (Lipinski definition) is 1. The van der Waals surface area contributed by atoms with Crippen LogP contribution in [0.25, 0.3) is 0 Å². The molecular formula is C10H12Cl3NO. The summed E-state index contributed by atoms with van der Waals surface area (Å²) in [5.41, 5.74) is 0.721. The number of ether oxygens (including phenoxy) is 1. The van der Waals surface area contributed by atoms with Crippen LogP contribution >= 0.6 is 34.8 Å². The van der Waals surface area contributed by atoms with Crippen LogP contribution in [0.15, 0.2) is 12.1 Å². The summed E-state index contributed by atoms with van der Waals surface area (Å²) in [5, 5.41) is 4.74. The molecule has 1 N–H and O–H groups in total. The van der Waals surface area contributed by atoms with Gasteiger partial charge in [-0.25, -0.2) is 0 Å². The van der Waals surface area contributed by atoms with Gasteiger partial charge in [-0.3, -0.25) is 0 Å². The summed E-state index contributed by atoms with van der Waals surface area (Å²) in [6.45, 7) is 1.46. The lowest BCUT2D eigenvalue weighted by Gasteiger charge is -2.10. The Balaban J connectivity index is 2.60. The Labute approximate surface area is 104 Å². The SMILES string of the molecule is COCCCNc1c(Cl)cc(Cl)cc1Cl. The van der Waals surface area contributed by atoms with E-state index in [9.17, 15) is 0 Å². The van der Waals surface area contributed by atoms with Crippen LogP contribution in [0.4, 0.5) is 5.69 Å². The predicted molar refractivity (Wildman–Crippen MR) is 66.5 cm³/mol. The molecule has 0 saturated carbocycles. The molecule has 0 bridgehead atoms. The minimum absolute atomic E-state index is 0.532. The number of methoxy groups -OCH3 is 1. The molecule has 0 aromatic heterocycles. The summed E-state index contributed by atoms with van der Waals surface area (Å²) < 4.78 is 4.93. The van der Waals surface area contributed by atoms with E-state index in [-0.39, 0.29) is 0 Å². The van der Waals surface area contributed by atoms with E-state index in [4.69, 9.17) is 39.5 Å². The molecule has 0 atom stereocenters. The number of anilines is 1. The van der Waals surface area contributed by atoms with E-state index in [2.05, 4.69) is 5.32 Å². The first-order valence-corrected chi connectivity index (χ1v) is 5.66. The van der Waals surface area contributed by atoms with Crippen molar-refractivity contribution in [3.05, 3.63) is 27.2 Å². The average Bonchev–Trinajstić information content (AvgIpc) is 2.15. The molecular weight excluding hydrogens is 256 g/mol. The fraction of sp³-hybridized carbons (Fsp3) is 0.400. The van der Waals surface area contributed by atoms with Gasteiger partial charge in [0.15, 0.2) is 0 Å². The molecule has 5 heteroatoms. The van der Waals surface area contributed by atoms with Crippen LogP contribution in [0.3, 0.4) is 0 Å². The molecule has 1 aromatic rings. The maximum atomic E-state index is 5.98. The first-order valence-electron chi connectivity index (χ1n) is 4.52. The fourth-order valence-corrected chi connectivity index (χ4v) is 2.09. The van der Waals surface area contributed by atoms with Crippen molar-refractivity contribution < 1.29 is 4.74 Å². The van der Waals surface area contributed by atoms with Gasteiger partial charge < -0.3 is 10.1 Å². The highest BCUT2D eigenvalue weighted by molar-refractivity contribution is 6.41. The third kappa shape index (κ3) is 4.07. The third-order valence-corrected chi connectivity index (χ3v) is 2.65. The van der Waals surface area contributed by atoms with Crippen LogP contribution in [0.5, 0.6) is 0 Å². The molecule has 0 aliphatic carbocycles. The Hall–Kier alpha value is -0.150. The first kappa shape index (κ1) is 12.9. The zero-order chi connectivity index (χ0) is 11.3. The summed E-state index contributed by atoms with van der Waals surface area (Å²) in [4.78, 5) is 0. The first-order chi connectivity index (χ1) is 7.15. The average molecular weight is 269 g/mol. The number of benzene rings is 1. The molecule has 0 unspecified atom stereocenters. The van der Waals surface area contributed by atoms with Crippen LogP contribution in [0.1, 0.15) is 6.42 Å². The van der Waals surface area contributed by atoms with E-state index >= 15 is 0 Å². The van der Waals surface area contributed by atoms with Crippen LogP contribution < -0.4 is 5.32 Å². The zero-order valence-corrected chi connectivity index (χ0v) is 10.6. The Morgan fingerprint density at radius 3 is 2.33 bits per heavy atom. The predicted octanol–water partition coefficient (Wildman–Crippen LogP) is 4.10. The fourth-order valence-electron chi connectivity index (χ4n) is 1.14. The molecule has 0 radical (unpaired) electrons. The van der Waals surface area contributed by atoms with Gasteiger partial charge >= 0.3 is 0 Å². The minimum Gasteiger partial charge on any atom is -0.385 e. The summed E-state index contributed by atoms with van der Waals surface area (Å²) >= 11 is 17.8. The molecule has 2 nitrogen and oxygen atoms in total. The largest absolute Gasteiger partial charge is 0.385 e. The van der Waals surface area contributed by atoms with Crippen molar-refractivity contribution in [3.63, 3.8) is 0 Å². The van der Waals surface area contributed by atoms with Crippen molar-refractivity contribution in [1.82, 2.24) is 0 Å². The molecule has 84 valence electrons. The Kier molecular flexibility index (Phi) is 5.54. The summed E-state index contributed by atoms with van der Waals surface area (Å²) in [7, 11) is 1.67. The van der Waals surface area contributed by atoms with Crippen molar-refractivity contribution in [2.24, 2.45) is 0 Å². The maximum absolute atomic E-state index is 5.98. The molecule has 0 amide bonds. The molecule has 0 saturated heterocycles. The van der Waals surface area contributed by atoms with Crippen molar-refractivity contribution in [2.75, 3.05) is 25.6 Å². The second-order valence-corrected chi connectivity index (χ2v) is 4.27. The van der Waals surface area contributed by atoms with Gasteiger partial charge in [0.25, 0.3) is 0 Å². The second kappa shape index (κ2) is 6.44. The monoisotopic (exact) mass is 267 g/mol. The quantitative estimate of drug-likeness (QED) is 0.812. The topological polar surface area (TPSA) is 21.3 Å². The van der Waals surface area contributed by atoms with Crippen molar-refractivity contribution in [1.29, 1.82) is 0 Å². The van der Waals surface area contributed by atoms with E-state index < -0.39 is 0 Å². The molecule has 0 heterocycles. The van der Waals surface area contributed by atoms with Gasteiger partial charge in [0.1, 0.15) is 0 Å². The lowest BCUT2D eigenvalue weighted by molar-refractivity contribution is 0.198. The highest BCUT2D eigenvalue weighted by atomic mass is 35.5. The Bertz CT molecular complexity index is 307. The molecule has 0 aliphatic rings. The Morgan fingerprint density at radius 2 is 1.80 bits per heavy atom. The van der Waals surface area contributed by atoms with Gasteiger partial charge in [-0.2, -0.15) is 0 Å². The van der Waals surface area contributed by atoms with E-state index in [0.29, 0.717) is 21.7 Å². The number of rotatable bonds is 5. The molecule has 0 fully saturated rings. The molecule has 0 aliphatic heterocycles. The van der Waals surface area contributed by atoms with E-state index in [0.717, 1.165) is 18.7 Å². The number of nitrogens with one attached hydrogen (secondary N) is 1. The second-order valence-electron chi connectivity index (χ2n) is 3.02. The summed E-state index contributed by atoms with van der Waals surface area (Å²) in [5.74, 6) is 0. The van der Waals surface area contributed by atoms with E-state index in [1.54, 1.807) is 19.2 Å². The van der Waals surface area contributed by atoms with Crippen molar-refractivity contribution >= 4 is 40.5 Å². The van der Waals surface area contributed by atoms with Crippen LogP contribution in [-0.4, -0.2) is 20.3 Å². The lowest BCUT2D eigenvalue weighted by atomic mass is 10.3. The number of halogens is 3. The van der Waals surface area contributed by atoms with Gasteiger partial charge in [-0.05, 0) is 18.6 Å². The molecule has 1 aromatic carbocycles. The third-order valence-electron chi connectivity index (χ3n) is 1.83. The number of hydrogen-bond acceptors (Lipinski definition) is 2. The van der Waals surface area contributed by atoms with Gasteiger partial charge in [0.2, 0.25) is 0 Å². The highest BCUT2D eigenvalue weighted by Gasteiger charge is 2.06. The standard InChI is InChI=1S/C10H12Cl3NO/c1-15-4-2-3-14-10-8(12)5-7(11)6-9(10)13/h5-6,14H,2-4H2,1H3. The van der Waals surface area contributed by atoms with Crippen molar-refractivity contribution in [2.45, 2.75) is 6.42 Å². The molecule has 15 heavy (non-hydrogen) atoms. The highest BCUT2D eigenvalue weighted by Crippen LogP contribution is 2.33. The van der Waals surface area contributed by atoms with Crippen LogP contribution in [0.2, 0.25) is 15.1 Å². The summed E-state index contributed by atoms with van der Waals surface area (Å²) in [6.07, 6.45) is 0.895. The zero-order valence-electron chi connectivity index (χ0n) is 8.32. The maximum Gasteiger partial charge on any atom is 0.0720 e. The van der Waals surface area contributed by atoms with Crippen molar-refractivity contribution in [3.8, 4) is 0 Å². The van der Waals surface area contributed by atoms with Gasteiger partial charge in [-0.1, -0.05) is 34.8 Å². The van der Waals surface area contributed by atoms with Gasteiger partial charge in [-0.15, -0.1) is 0 Å². The van der Waals surface area contributed by atoms with Crippen LogP contribution in [0, 0.1) is 0 Å². The van der Waals surface area contributed by atoms with Crippen LogP contribution in [-0.2, 0) is 4.74 Å². The minimum atomic E-state index is 0.532. The van der Waals surface area contributed by atoms with E-state index in [1.807, 2.05) is 0 Å². The molecule has 1 rings (SSSR count). The van der Waals surface area contributed by atoms with Gasteiger partial charge in [0, 0.05) is 25.3 Å². The lowest BCUT2D eigenvalue weighted by Crippen LogP contribution is -2.05.